The third-order valence-corrected chi connectivity index (χ3v) is 6.01. The second-order valence-electron chi connectivity index (χ2n) is 8.63. The number of aromatic nitrogens is 1. The van der Waals surface area contributed by atoms with Crippen LogP contribution in [0.2, 0.25) is 0 Å². The number of nitrogens with zero attached hydrogens (tertiary/aromatic N) is 5. The number of aryl methyl sites for hydroxylation is 1. The molecule has 32 heavy (non-hydrogen) atoms. The minimum absolute atomic E-state index is 0.529. The molecule has 2 aliphatic rings. The number of rotatable bonds is 8. The lowest BCUT2D eigenvalue weighted by atomic mass is 10.1. The van der Waals surface area contributed by atoms with Gasteiger partial charge in [0.1, 0.15) is 6.61 Å². The number of piperazine rings is 1. The quantitative estimate of drug-likeness (QED) is 0.592. The molecule has 2 saturated heterocycles. The molecule has 172 valence electrons. The van der Waals surface area contributed by atoms with E-state index in [1.165, 1.54) is 5.56 Å². The minimum Gasteiger partial charge on any atom is -0.476 e. The molecule has 7 nitrogen and oxygen atoms in total. The molecule has 0 bridgehead atoms. The van der Waals surface area contributed by atoms with Crippen molar-refractivity contribution in [1.82, 2.24) is 14.8 Å². The van der Waals surface area contributed by atoms with E-state index in [4.69, 9.17) is 14.5 Å². The number of aliphatic imine (C=N–C) groups is 1. The van der Waals surface area contributed by atoms with Gasteiger partial charge in [0.05, 0.1) is 25.5 Å². The van der Waals surface area contributed by atoms with Gasteiger partial charge in [-0.1, -0.05) is 29.8 Å². The number of anilines is 1. The number of benzene rings is 1. The van der Waals surface area contributed by atoms with Crippen LogP contribution in [0.15, 0.2) is 41.4 Å². The van der Waals surface area contributed by atoms with Crippen molar-refractivity contribution >= 4 is 11.9 Å². The Balaban J connectivity index is 1.41. The van der Waals surface area contributed by atoms with Crippen LogP contribution in [0.3, 0.4) is 0 Å². The van der Waals surface area contributed by atoms with Crippen molar-refractivity contribution in [2.75, 3.05) is 77.6 Å². The van der Waals surface area contributed by atoms with Crippen molar-refractivity contribution in [2.45, 2.75) is 13.5 Å². The van der Waals surface area contributed by atoms with Gasteiger partial charge in [0.2, 0.25) is 5.88 Å². The van der Waals surface area contributed by atoms with E-state index in [0.717, 1.165) is 76.0 Å². The van der Waals surface area contributed by atoms with Crippen molar-refractivity contribution in [3.63, 3.8) is 0 Å². The molecule has 0 atom stereocenters. The average Bonchev–Trinajstić information content (AvgIpc) is 2.81. The molecule has 7 heteroatoms. The molecular formula is C25H35N5O2. The third-order valence-electron chi connectivity index (χ3n) is 6.01. The molecular weight excluding hydrogens is 402 g/mol. The molecule has 2 aromatic rings. The molecule has 0 saturated carbocycles. The molecule has 3 heterocycles. The van der Waals surface area contributed by atoms with Crippen LogP contribution >= 0.6 is 0 Å². The largest absolute Gasteiger partial charge is 0.476 e. The molecule has 0 radical (unpaired) electrons. The molecule has 0 unspecified atom stereocenters. The summed E-state index contributed by atoms with van der Waals surface area (Å²) in [6, 6.07) is 12.5. The minimum atomic E-state index is 0.529. The highest BCUT2D eigenvalue weighted by Gasteiger charge is 2.16. The summed E-state index contributed by atoms with van der Waals surface area (Å²) in [6.45, 7) is 11.9. The topological polar surface area (TPSA) is 53.4 Å². The molecule has 0 spiro atoms. The Hall–Kier alpha value is -2.48. The fraction of sp³-hybridized carbons (Fsp3) is 0.520. The lowest BCUT2D eigenvalue weighted by Gasteiger charge is -2.32. The van der Waals surface area contributed by atoms with Crippen LogP contribution in [0, 0.1) is 6.92 Å². The van der Waals surface area contributed by atoms with Gasteiger partial charge >= 0.3 is 0 Å². The van der Waals surface area contributed by atoms with E-state index in [2.05, 4.69) is 70.1 Å². The summed E-state index contributed by atoms with van der Waals surface area (Å²) in [5, 5.41) is 0. The zero-order chi connectivity index (χ0) is 22.2. The molecule has 2 fully saturated rings. The smallest absolute Gasteiger partial charge is 0.215 e. The number of likely N-dealkylation sites (N-methyl/N-ethyl adjacent to an activating group) is 1. The van der Waals surface area contributed by atoms with Crippen molar-refractivity contribution < 1.29 is 9.47 Å². The van der Waals surface area contributed by atoms with Crippen LogP contribution < -0.4 is 9.64 Å². The Morgan fingerprint density at radius 1 is 1.06 bits per heavy atom. The summed E-state index contributed by atoms with van der Waals surface area (Å²) in [4.78, 5) is 16.6. The maximum absolute atomic E-state index is 6.11. The van der Waals surface area contributed by atoms with E-state index in [-0.39, 0.29) is 0 Å². The van der Waals surface area contributed by atoms with Crippen LogP contribution in [0.25, 0.3) is 0 Å². The maximum Gasteiger partial charge on any atom is 0.215 e. The summed E-state index contributed by atoms with van der Waals surface area (Å²) in [5.41, 5.74) is 4.40. The molecule has 0 amide bonds. The van der Waals surface area contributed by atoms with E-state index in [0.29, 0.717) is 19.0 Å². The van der Waals surface area contributed by atoms with Crippen LogP contribution in [0.1, 0.15) is 16.8 Å². The first-order valence-corrected chi connectivity index (χ1v) is 11.6. The lowest BCUT2D eigenvalue weighted by molar-refractivity contribution is 0.122. The van der Waals surface area contributed by atoms with Crippen LogP contribution in [-0.2, 0) is 11.3 Å². The van der Waals surface area contributed by atoms with Crippen molar-refractivity contribution in [1.29, 1.82) is 0 Å². The Labute approximate surface area is 191 Å². The number of pyridine rings is 1. The van der Waals surface area contributed by atoms with E-state index >= 15 is 0 Å². The highest BCUT2D eigenvalue weighted by atomic mass is 16.5. The molecule has 2 aliphatic heterocycles. The Morgan fingerprint density at radius 2 is 1.88 bits per heavy atom. The van der Waals surface area contributed by atoms with Crippen molar-refractivity contribution in [3.05, 3.63) is 53.2 Å². The van der Waals surface area contributed by atoms with Gasteiger partial charge in [0.25, 0.3) is 0 Å². The molecule has 1 aromatic carbocycles. The molecule has 4 rings (SSSR count). The summed E-state index contributed by atoms with van der Waals surface area (Å²) in [7, 11) is 2.18. The third kappa shape index (κ3) is 6.76. The fourth-order valence-electron chi connectivity index (χ4n) is 4.05. The van der Waals surface area contributed by atoms with Gasteiger partial charge in [0, 0.05) is 63.8 Å². The maximum atomic E-state index is 6.11. The average molecular weight is 438 g/mol. The summed E-state index contributed by atoms with van der Waals surface area (Å²) < 4.78 is 11.6. The highest BCUT2D eigenvalue weighted by molar-refractivity contribution is 5.79. The van der Waals surface area contributed by atoms with Gasteiger partial charge in [-0.25, -0.2) is 4.98 Å². The van der Waals surface area contributed by atoms with Gasteiger partial charge in [-0.3, -0.25) is 9.89 Å². The summed E-state index contributed by atoms with van der Waals surface area (Å²) in [5.74, 6) is 0.684. The summed E-state index contributed by atoms with van der Waals surface area (Å²) in [6.07, 6.45) is 1.92. The molecule has 0 aliphatic carbocycles. The van der Waals surface area contributed by atoms with Gasteiger partial charge < -0.3 is 19.3 Å². The van der Waals surface area contributed by atoms with Crippen molar-refractivity contribution in [2.24, 2.45) is 4.99 Å². The van der Waals surface area contributed by atoms with E-state index in [1.807, 2.05) is 6.21 Å². The zero-order valence-corrected chi connectivity index (χ0v) is 19.4. The first kappa shape index (κ1) is 22.7. The second kappa shape index (κ2) is 11.4. The predicted octanol–water partition coefficient (Wildman–Crippen LogP) is 2.47. The van der Waals surface area contributed by atoms with Gasteiger partial charge in [0.15, 0.2) is 0 Å². The zero-order valence-electron chi connectivity index (χ0n) is 19.4. The lowest BCUT2D eigenvalue weighted by Crippen LogP contribution is -2.45. The SMILES string of the molecule is Cc1cccc(C=NCc2cc(N3CCOCC3)cc(OCCN3CCN(C)CC3)n2)c1. The predicted molar refractivity (Wildman–Crippen MR) is 129 cm³/mol. The second-order valence-corrected chi connectivity index (χ2v) is 8.63. The standard InChI is InChI=1S/C25H35N5O2/c1-21-4-3-5-22(16-21)19-26-20-23-17-24(30-11-13-31-14-12-30)18-25(27-23)32-15-10-29-8-6-28(2)7-9-29/h3-5,16-19H,6-15,20H2,1-2H3. The molecule has 0 N–H and O–H groups in total. The van der Waals surface area contributed by atoms with Gasteiger partial charge in [-0.15, -0.1) is 0 Å². The number of hydrogen-bond donors (Lipinski definition) is 0. The number of hydrogen-bond acceptors (Lipinski definition) is 7. The first-order valence-electron chi connectivity index (χ1n) is 11.6. The van der Waals surface area contributed by atoms with E-state index in [1.54, 1.807) is 0 Å². The van der Waals surface area contributed by atoms with E-state index in [9.17, 15) is 0 Å². The van der Waals surface area contributed by atoms with Gasteiger partial charge in [-0.05, 0) is 25.6 Å². The monoisotopic (exact) mass is 437 g/mol. The van der Waals surface area contributed by atoms with Crippen LogP contribution in [0.5, 0.6) is 5.88 Å². The number of morpholine rings is 1. The molecule has 1 aromatic heterocycles. The van der Waals surface area contributed by atoms with E-state index < -0.39 is 0 Å². The Kier molecular flexibility index (Phi) is 8.09. The fourth-order valence-corrected chi connectivity index (χ4v) is 4.05. The summed E-state index contributed by atoms with van der Waals surface area (Å²) >= 11 is 0. The van der Waals surface area contributed by atoms with Gasteiger partial charge in [-0.2, -0.15) is 0 Å². The van der Waals surface area contributed by atoms with Crippen LogP contribution in [0.4, 0.5) is 5.69 Å². The highest BCUT2D eigenvalue weighted by Crippen LogP contribution is 2.23. The Morgan fingerprint density at radius 3 is 2.66 bits per heavy atom. The normalized spacial score (nSPS) is 18.4. The van der Waals surface area contributed by atoms with Crippen molar-refractivity contribution in [3.8, 4) is 5.88 Å². The first-order chi connectivity index (χ1) is 15.7. The Bertz CT molecular complexity index is 890. The van der Waals surface area contributed by atoms with Crippen LogP contribution in [-0.4, -0.2) is 93.7 Å². The number of ether oxygens (including phenoxy) is 2.